The summed E-state index contributed by atoms with van der Waals surface area (Å²) in [5.41, 5.74) is 0.435. The van der Waals surface area contributed by atoms with Crippen molar-refractivity contribution in [2.24, 2.45) is 0 Å². The van der Waals surface area contributed by atoms with E-state index >= 15 is 0 Å². The molecule has 0 saturated carbocycles. The van der Waals surface area contributed by atoms with E-state index in [1.165, 1.54) is 5.92 Å². The Morgan fingerprint density at radius 2 is 2.00 bits per heavy atom. The lowest BCUT2D eigenvalue weighted by Crippen LogP contribution is -2.10. The van der Waals surface area contributed by atoms with Gasteiger partial charge >= 0.3 is 5.97 Å². The van der Waals surface area contributed by atoms with Gasteiger partial charge in [0, 0.05) is 11.5 Å². The van der Waals surface area contributed by atoms with Gasteiger partial charge in [0.2, 0.25) is 0 Å². The summed E-state index contributed by atoms with van der Waals surface area (Å²) in [5.74, 6) is 1.46. The van der Waals surface area contributed by atoms with Gasteiger partial charge in [0.1, 0.15) is 0 Å². The first-order chi connectivity index (χ1) is 7.61. The van der Waals surface area contributed by atoms with Crippen LogP contribution in [0.2, 0.25) is 0 Å². The van der Waals surface area contributed by atoms with Crippen LogP contribution in [0.25, 0.3) is 0 Å². The Bertz CT molecular complexity index is 214. The molecule has 2 radical (unpaired) electrons. The molecule has 0 N–H and O–H groups in total. The van der Waals surface area contributed by atoms with E-state index in [0.717, 1.165) is 32.1 Å². The summed E-state index contributed by atoms with van der Waals surface area (Å²) in [5, 5.41) is 0. The molecule has 0 aliphatic rings. The Morgan fingerprint density at radius 3 is 2.50 bits per heavy atom. The Labute approximate surface area is 104 Å². The molecule has 0 atom stereocenters. The highest BCUT2D eigenvalue weighted by Crippen LogP contribution is 2.17. The normalized spacial score (nSPS) is 10.5. The van der Waals surface area contributed by atoms with E-state index in [9.17, 15) is 4.79 Å². The summed E-state index contributed by atoms with van der Waals surface area (Å²) >= 11 is 5.81. The minimum atomic E-state index is -0.327. The zero-order valence-corrected chi connectivity index (χ0v) is 10.8. The van der Waals surface area contributed by atoms with Gasteiger partial charge in [-0.15, -0.1) is 11.6 Å². The summed E-state index contributed by atoms with van der Waals surface area (Å²) in [6.45, 7) is 9.35. The van der Waals surface area contributed by atoms with Crippen molar-refractivity contribution in [3.8, 4) is 0 Å². The van der Waals surface area contributed by atoms with Crippen LogP contribution in [0.5, 0.6) is 0 Å². The van der Waals surface area contributed by atoms with E-state index in [2.05, 4.69) is 13.5 Å². The molecule has 0 rings (SSSR count). The SMILES string of the molecule is [CH2]CCCC[C](CCl)CCOC(=O)C(=C)C. The summed E-state index contributed by atoms with van der Waals surface area (Å²) in [6.07, 6.45) is 4.94. The van der Waals surface area contributed by atoms with E-state index in [0.29, 0.717) is 18.1 Å². The third kappa shape index (κ3) is 7.75. The molecule has 3 heteroatoms. The Balaban J connectivity index is 3.62. The van der Waals surface area contributed by atoms with Crippen molar-refractivity contribution >= 4 is 17.6 Å². The number of hydrogen-bond donors (Lipinski definition) is 0. The molecule has 0 aromatic heterocycles. The summed E-state index contributed by atoms with van der Waals surface area (Å²) < 4.78 is 5.01. The van der Waals surface area contributed by atoms with Gasteiger partial charge in [-0.2, -0.15) is 0 Å². The van der Waals surface area contributed by atoms with Crippen molar-refractivity contribution in [3.05, 3.63) is 25.0 Å². The van der Waals surface area contributed by atoms with Crippen LogP contribution in [-0.4, -0.2) is 18.5 Å². The lowest BCUT2D eigenvalue weighted by molar-refractivity contribution is -0.138. The minimum absolute atomic E-state index is 0.327. The van der Waals surface area contributed by atoms with Crippen LogP contribution in [0.1, 0.15) is 39.0 Å². The Kier molecular flexibility index (Phi) is 9.40. The number of hydrogen-bond acceptors (Lipinski definition) is 2. The maximum absolute atomic E-state index is 11.1. The molecule has 16 heavy (non-hydrogen) atoms. The van der Waals surface area contributed by atoms with Crippen molar-refractivity contribution in [3.63, 3.8) is 0 Å². The van der Waals surface area contributed by atoms with Crippen LogP contribution in [-0.2, 0) is 9.53 Å². The van der Waals surface area contributed by atoms with Gasteiger partial charge < -0.3 is 4.74 Å². The average molecular weight is 245 g/mol. The Hall–Kier alpha value is -0.500. The van der Waals surface area contributed by atoms with Crippen LogP contribution in [0.4, 0.5) is 0 Å². The smallest absolute Gasteiger partial charge is 0.333 e. The monoisotopic (exact) mass is 244 g/mol. The quantitative estimate of drug-likeness (QED) is 0.268. The second-order valence-corrected chi connectivity index (χ2v) is 4.13. The van der Waals surface area contributed by atoms with Crippen LogP contribution in [0.15, 0.2) is 12.2 Å². The predicted molar refractivity (Wildman–Crippen MR) is 68.2 cm³/mol. The van der Waals surface area contributed by atoms with Gasteiger partial charge in [0.25, 0.3) is 0 Å². The van der Waals surface area contributed by atoms with Crippen molar-refractivity contribution < 1.29 is 9.53 Å². The Morgan fingerprint density at radius 1 is 1.31 bits per heavy atom. The van der Waals surface area contributed by atoms with E-state index in [1.807, 2.05) is 0 Å². The molecule has 0 heterocycles. The van der Waals surface area contributed by atoms with E-state index in [4.69, 9.17) is 16.3 Å². The molecule has 0 spiro atoms. The maximum Gasteiger partial charge on any atom is 0.333 e. The second kappa shape index (κ2) is 9.71. The van der Waals surface area contributed by atoms with Gasteiger partial charge in [-0.3, -0.25) is 0 Å². The highest BCUT2D eigenvalue weighted by Gasteiger charge is 2.09. The van der Waals surface area contributed by atoms with Gasteiger partial charge in [0.05, 0.1) is 6.61 Å². The molecule has 0 aliphatic heterocycles. The summed E-state index contributed by atoms with van der Waals surface area (Å²) in [7, 11) is 0. The van der Waals surface area contributed by atoms with Crippen molar-refractivity contribution in [1.82, 2.24) is 0 Å². The zero-order chi connectivity index (χ0) is 12.4. The fourth-order valence-corrected chi connectivity index (χ4v) is 1.49. The van der Waals surface area contributed by atoms with Gasteiger partial charge in [-0.1, -0.05) is 32.8 Å². The lowest BCUT2D eigenvalue weighted by atomic mass is 10.0. The molecule has 0 unspecified atom stereocenters. The molecule has 2 nitrogen and oxygen atoms in total. The number of esters is 1. The second-order valence-electron chi connectivity index (χ2n) is 3.86. The third-order valence-corrected chi connectivity index (χ3v) is 2.63. The summed E-state index contributed by atoms with van der Waals surface area (Å²) in [6, 6.07) is 0. The minimum Gasteiger partial charge on any atom is -0.462 e. The molecule has 0 aromatic carbocycles. The number of halogens is 1. The highest BCUT2D eigenvalue weighted by atomic mass is 35.5. The molecule has 92 valence electrons. The fourth-order valence-electron chi connectivity index (χ4n) is 1.22. The van der Waals surface area contributed by atoms with Crippen molar-refractivity contribution in [2.45, 2.75) is 39.0 Å². The number of carbonyl (C=O) groups is 1. The van der Waals surface area contributed by atoms with Crippen LogP contribution >= 0.6 is 11.6 Å². The van der Waals surface area contributed by atoms with Gasteiger partial charge in [0.15, 0.2) is 0 Å². The van der Waals surface area contributed by atoms with Crippen LogP contribution < -0.4 is 0 Å². The van der Waals surface area contributed by atoms with Crippen LogP contribution in [0.3, 0.4) is 0 Å². The van der Waals surface area contributed by atoms with Crippen molar-refractivity contribution in [1.29, 1.82) is 0 Å². The predicted octanol–water partition coefficient (Wildman–Crippen LogP) is 3.70. The van der Waals surface area contributed by atoms with Gasteiger partial charge in [-0.05, 0) is 25.7 Å². The number of carbonyl (C=O) groups excluding carboxylic acids is 1. The van der Waals surface area contributed by atoms with Crippen molar-refractivity contribution in [2.75, 3.05) is 12.5 Å². The number of rotatable bonds is 9. The fraction of sp³-hybridized carbons (Fsp3) is 0.615. The maximum atomic E-state index is 11.1. The highest BCUT2D eigenvalue weighted by molar-refractivity contribution is 6.19. The van der Waals surface area contributed by atoms with Gasteiger partial charge in [-0.25, -0.2) is 4.79 Å². The molecule has 0 amide bonds. The van der Waals surface area contributed by atoms with E-state index in [1.54, 1.807) is 6.92 Å². The number of alkyl halides is 1. The molecule has 0 fully saturated rings. The number of ether oxygens (including phenoxy) is 1. The number of unbranched alkanes of at least 4 members (excludes halogenated alkanes) is 2. The lowest BCUT2D eigenvalue weighted by Gasteiger charge is -2.12. The van der Waals surface area contributed by atoms with E-state index < -0.39 is 0 Å². The molecular weight excluding hydrogens is 224 g/mol. The zero-order valence-electron chi connectivity index (χ0n) is 10.1. The largest absolute Gasteiger partial charge is 0.462 e. The molecule has 0 aliphatic carbocycles. The first-order valence-corrected chi connectivity index (χ1v) is 6.16. The first kappa shape index (κ1) is 15.5. The molecular formula is C13H21ClO2. The molecule has 0 saturated heterocycles. The average Bonchev–Trinajstić information content (AvgIpc) is 2.26. The standard InChI is InChI=1S/C13H21ClO2/c1-4-5-6-7-12(10-14)8-9-16-13(15)11(2)3/h1-2,4-10H2,3H3. The first-order valence-electron chi connectivity index (χ1n) is 5.63. The third-order valence-electron chi connectivity index (χ3n) is 2.26. The topological polar surface area (TPSA) is 26.3 Å². The van der Waals surface area contributed by atoms with E-state index in [-0.39, 0.29) is 5.97 Å². The molecule has 0 bridgehead atoms. The van der Waals surface area contributed by atoms with Crippen LogP contribution in [0, 0.1) is 12.8 Å². The molecule has 0 aromatic rings. The summed E-state index contributed by atoms with van der Waals surface area (Å²) in [4.78, 5) is 11.1.